The van der Waals surface area contributed by atoms with Crippen molar-refractivity contribution in [2.24, 2.45) is 5.92 Å². The Morgan fingerprint density at radius 1 is 1.14 bits per heavy atom. The zero-order valence-electron chi connectivity index (χ0n) is 23.4. The van der Waals surface area contributed by atoms with E-state index in [9.17, 15) is 9.59 Å². The summed E-state index contributed by atoms with van der Waals surface area (Å²) in [6.45, 7) is 10.2. The molecule has 0 saturated carbocycles. The molecular formula is C29H45NO7. The fourth-order valence-corrected chi connectivity index (χ4v) is 5.28. The van der Waals surface area contributed by atoms with Crippen molar-refractivity contribution in [1.29, 1.82) is 0 Å². The van der Waals surface area contributed by atoms with E-state index in [-0.39, 0.29) is 66.6 Å². The number of allylic oxidation sites excluding steroid dienone is 2. The van der Waals surface area contributed by atoms with Crippen molar-refractivity contribution in [3.63, 3.8) is 0 Å². The van der Waals surface area contributed by atoms with Gasteiger partial charge in [0, 0.05) is 26.0 Å². The maximum atomic E-state index is 12.3. The lowest BCUT2D eigenvalue weighted by Crippen LogP contribution is -2.50. The fourth-order valence-electron chi connectivity index (χ4n) is 5.28. The molecule has 9 atom stereocenters. The quantitative estimate of drug-likeness (QED) is 0.201. The molecule has 0 aromatic rings. The third kappa shape index (κ3) is 8.50. The first kappa shape index (κ1) is 29.6. The van der Waals surface area contributed by atoms with Gasteiger partial charge in [0.25, 0.3) is 0 Å². The van der Waals surface area contributed by atoms with E-state index in [1.54, 1.807) is 13.2 Å². The lowest BCUT2D eigenvalue weighted by molar-refractivity contribution is -0.147. The molecule has 208 valence electrons. The number of carbonyl (C=O) groups is 2. The smallest absolute Gasteiger partial charge is 0.308 e. The number of rotatable bonds is 10. The van der Waals surface area contributed by atoms with E-state index in [0.29, 0.717) is 5.92 Å². The number of esters is 1. The van der Waals surface area contributed by atoms with Crippen molar-refractivity contribution in [3.8, 4) is 0 Å². The van der Waals surface area contributed by atoms with Crippen molar-refractivity contribution < 1.29 is 33.3 Å². The van der Waals surface area contributed by atoms with Crippen molar-refractivity contribution in [1.82, 2.24) is 5.32 Å². The first-order valence-corrected chi connectivity index (χ1v) is 13.5. The molecule has 8 heteroatoms. The van der Waals surface area contributed by atoms with Crippen molar-refractivity contribution in [2.45, 2.75) is 115 Å². The van der Waals surface area contributed by atoms with Crippen LogP contribution in [0.15, 0.2) is 36.0 Å². The fraction of sp³-hybridized carbons (Fsp3) is 0.724. The van der Waals surface area contributed by atoms with Crippen molar-refractivity contribution in [3.05, 3.63) is 36.0 Å². The second kappa shape index (κ2) is 13.2. The highest BCUT2D eigenvalue weighted by Gasteiger charge is 2.57. The number of hydrogen-bond donors (Lipinski definition) is 1. The summed E-state index contributed by atoms with van der Waals surface area (Å²) in [6.07, 6.45) is 12.9. The third-order valence-electron chi connectivity index (χ3n) is 7.88. The van der Waals surface area contributed by atoms with Gasteiger partial charge in [0.2, 0.25) is 5.91 Å². The van der Waals surface area contributed by atoms with Crippen LogP contribution in [0.25, 0.3) is 0 Å². The molecule has 1 N–H and O–H groups in total. The normalized spacial score (nSPS) is 37.2. The Hall–Kier alpha value is -2.00. The largest absolute Gasteiger partial charge is 0.469 e. The van der Waals surface area contributed by atoms with E-state index >= 15 is 0 Å². The van der Waals surface area contributed by atoms with Gasteiger partial charge in [-0.1, -0.05) is 36.8 Å². The Morgan fingerprint density at radius 3 is 2.51 bits per heavy atom. The highest BCUT2D eigenvalue weighted by atomic mass is 16.6. The van der Waals surface area contributed by atoms with Crippen LogP contribution < -0.4 is 5.32 Å². The van der Waals surface area contributed by atoms with Crippen LogP contribution >= 0.6 is 0 Å². The van der Waals surface area contributed by atoms with Gasteiger partial charge in [0.1, 0.15) is 0 Å². The average molecular weight is 520 g/mol. The minimum Gasteiger partial charge on any atom is -0.469 e. The maximum absolute atomic E-state index is 12.3. The van der Waals surface area contributed by atoms with Gasteiger partial charge < -0.3 is 29.0 Å². The maximum Gasteiger partial charge on any atom is 0.308 e. The molecule has 3 fully saturated rings. The molecule has 3 aliphatic heterocycles. The molecule has 0 bridgehead atoms. The first-order valence-electron chi connectivity index (χ1n) is 13.5. The Labute approximate surface area is 221 Å². The third-order valence-corrected chi connectivity index (χ3v) is 7.88. The highest BCUT2D eigenvalue weighted by molar-refractivity contribution is 5.87. The summed E-state index contributed by atoms with van der Waals surface area (Å²) in [6, 6.07) is -0.0213. The van der Waals surface area contributed by atoms with E-state index in [4.69, 9.17) is 23.7 Å². The van der Waals surface area contributed by atoms with E-state index in [1.165, 1.54) is 13.2 Å². The van der Waals surface area contributed by atoms with Crippen LogP contribution in [-0.4, -0.2) is 74.4 Å². The zero-order valence-corrected chi connectivity index (χ0v) is 23.4. The summed E-state index contributed by atoms with van der Waals surface area (Å²) in [5.41, 5.74) is 0.947. The number of epoxide rings is 1. The van der Waals surface area contributed by atoms with E-state index in [2.05, 4.69) is 44.3 Å². The Balaban J connectivity index is 1.50. The molecule has 37 heavy (non-hydrogen) atoms. The number of nitrogens with one attached hydrogen (secondary N) is 1. The lowest BCUT2D eigenvalue weighted by atomic mass is 9.87. The molecule has 3 aliphatic rings. The van der Waals surface area contributed by atoms with Gasteiger partial charge in [0.15, 0.2) is 0 Å². The number of carbonyl (C=O) groups excluding carboxylic acids is 2. The number of methoxy groups -OCH3 is 2. The van der Waals surface area contributed by atoms with Crippen LogP contribution in [0.2, 0.25) is 0 Å². The number of amides is 1. The standard InChI is InChI=1S/C29H45NO7/c1-18(8-11-23-16-29(22(5)37-29)17-24(36-23)15-28(32)34-7)9-12-26-19(2)14-25(21(4)35-26)30-27(31)13-10-20(3)33-6/h8-11,13,19-26H,12,14-17H2,1-7H3,(H,30,31)/b11-8+,13-10-,18-9+/t19?,20?,21?,22?,23?,24-,25?,26?,29?/m1/s1. The molecule has 1 spiro atoms. The van der Waals surface area contributed by atoms with Gasteiger partial charge in [-0.05, 0) is 46.5 Å². The summed E-state index contributed by atoms with van der Waals surface area (Å²) in [7, 11) is 3.02. The Morgan fingerprint density at radius 2 is 1.86 bits per heavy atom. The number of hydrogen-bond acceptors (Lipinski definition) is 7. The molecule has 3 rings (SSSR count). The van der Waals surface area contributed by atoms with Crippen LogP contribution in [0.5, 0.6) is 0 Å². The van der Waals surface area contributed by atoms with Crippen LogP contribution in [0, 0.1) is 5.92 Å². The van der Waals surface area contributed by atoms with E-state index in [0.717, 1.165) is 31.3 Å². The Kier molecular flexibility index (Phi) is 10.5. The second-order valence-electron chi connectivity index (χ2n) is 10.9. The van der Waals surface area contributed by atoms with Crippen LogP contribution in [0.4, 0.5) is 0 Å². The minimum absolute atomic E-state index is 0.0213. The molecule has 3 saturated heterocycles. The predicted molar refractivity (Wildman–Crippen MR) is 141 cm³/mol. The predicted octanol–water partition coefficient (Wildman–Crippen LogP) is 4.04. The van der Waals surface area contributed by atoms with Crippen LogP contribution in [-0.2, 0) is 33.3 Å². The minimum atomic E-state index is -0.260. The average Bonchev–Trinajstić information content (AvgIpc) is 3.47. The molecule has 0 aromatic carbocycles. The van der Waals surface area contributed by atoms with Gasteiger partial charge >= 0.3 is 5.97 Å². The van der Waals surface area contributed by atoms with Gasteiger partial charge in [-0.25, -0.2) is 0 Å². The summed E-state index contributed by atoms with van der Waals surface area (Å²) in [5, 5.41) is 3.07. The molecular weight excluding hydrogens is 474 g/mol. The summed E-state index contributed by atoms with van der Waals surface area (Å²) < 4.78 is 28.4. The molecule has 0 aliphatic carbocycles. The molecule has 8 nitrogen and oxygen atoms in total. The summed E-state index contributed by atoms with van der Waals surface area (Å²) in [5.74, 6) is -0.0723. The summed E-state index contributed by atoms with van der Waals surface area (Å²) in [4.78, 5) is 24.0. The zero-order chi connectivity index (χ0) is 27.2. The van der Waals surface area contributed by atoms with Crippen molar-refractivity contribution >= 4 is 11.9 Å². The van der Waals surface area contributed by atoms with E-state index < -0.39 is 0 Å². The molecule has 0 aromatic heterocycles. The molecule has 0 radical (unpaired) electrons. The molecule has 1 amide bonds. The van der Waals surface area contributed by atoms with Gasteiger partial charge in [0.05, 0.1) is 61.8 Å². The summed E-state index contributed by atoms with van der Waals surface area (Å²) >= 11 is 0. The highest BCUT2D eigenvalue weighted by Crippen LogP contribution is 2.48. The van der Waals surface area contributed by atoms with Crippen LogP contribution in [0.1, 0.15) is 66.7 Å². The van der Waals surface area contributed by atoms with E-state index in [1.807, 2.05) is 13.8 Å². The van der Waals surface area contributed by atoms with Gasteiger partial charge in [-0.2, -0.15) is 0 Å². The van der Waals surface area contributed by atoms with Gasteiger partial charge in [-0.15, -0.1) is 0 Å². The lowest BCUT2D eigenvalue weighted by Gasteiger charge is -2.39. The second-order valence-corrected chi connectivity index (χ2v) is 10.9. The SMILES string of the molecule is COC(=O)C[C@@H]1CC2(CC(/C=C/C(C)=C/CC3OC(C)C(NC(=O)/C=C\C(C)OC)CC3C)O1)OC2C. The molecule has 8 unspecified atom stereocenters. The van der Waals surface area contributed by atoms with Crippen LogP contribution in [0.3, 0.4) is 0 Å². The van der Waals surface area contributed by atoms with Gasteiger partial charge in [-0.3, -0.25) is 9.59 Å². The monoisotopic (exact) mass is 519 g/mol. The topological polar surface area (TPSA) is 95.6 Å². The number of ether oxygens (including phenoxy) is 5. The first-order chi connectivity index (χ1) is 17.5. The Bertz CT molecular complexity index is 883. The van der Waals surface area contributed by atoms with Crippen molar-refractivity contribution in [2.75, 3.05) is 14.2 Å². The molecule has 3 heterocycles.